The highest BCUT2D eigenvalue weighted by Crippen LogP contribution is 2.26. The Hall–Kier alpha value is -3.61. The van der Waals surface area contributed by atoms with E-state index in [4.69, 9.17) is 15.7 Å². The van der Waals surface area contributed by atoms with Gasteiger partial charge in [0.2, 0.25) is 0 Å². The number of aromatic amines is 1. The maximum Gasteiger partial charge on any atom is 0.359 e. The van der Waals surface area contributed by atoms with Gasteiger partial charge >= 0.3 is 5.97 Å². The van der Waals surface area contributed by atoms with Crippen LogP contribution in [0.2, 0.25) is 0 Å². The van der Waals surface area contributed by atoms with Gasteiger partial charge in [-0.3, -0.25) is 5.10 Å². The van der Waals surface area contributed by atoms with Crippen LogP contribution in [0.25, 0.3) is 11.1 Å². The highest BCUT2D eigenvalue weighted by atomic mass is 16.5. The number of amidine groups is 1. The first-order valence-electron chi connectivity index (χ1n) is 10.5. The molecular formula is C24H28N4O3. The number of benzene rings is 2. The van der Waals surface area contributed by atoms with Crippen LogP contribution in [-0.4, -0.2) is 33.8 Å². The van der Waals surface area contributed by atoms with E-state index in [9.17, 15) is 4.79 Å². The number of H-pyrrole nitrogens is 1. The fourth-order valence-corrected chi connectivity index (χ4v) is 3.54. The largest absolute Gasteiger partial charge is 0.461 e. The van der Waals surface area contributed by atoms with E-state index in [1.807, 2.05) is 48.5 Å². The smallest absolute Gasteiger partial charge is 0.359 e. The number of carbonyl (C=O) groups is 1. The van der Waals surface area contributed by atoms with Crippen LogP contribution in [0.15, 0.2) is 53.7 Å². The third-order valence-electron chi connectivity index (χ3n) is 5.16. The second-order valence-corrected chi connectivity index (χ2v) is 7.26. The first-order valence-corrected chi connectivity index (χ1v) is 10.5. The molecule has 4 N–H and O–H groups in total. The van der Waals surface area contributed by atoms with Crippen molar-refractivity contribution in [3.05, 3.63) is 76.6 Å². The molecule has 0 radical (unpaired) electrons. The number of carbonyl (C=O) groups excluding carboxylic acids is 1. The van der Waals surface area contributed by atoms with Gasteiger partial charge in [-0.1, -0.05) is 67.0 Å². The number of rotatable bonds is 9. The third-order valence-corrected chi connectivity index (χ3v) is 5.16. The Morgan fingerprint density at radius 2 is 1.90 bits per heavy atom. The van der Waals surface area contributed by atoms with Gasteiger partial charge < -0.3 is 15.7 Å². The zero-order chi connectivity index (χ0) is 22.2. The number of ether oxygens (including phenoxy) is 1. The summed E-state index contributed by atoms with van der Waals surface area (Å²) in [5.74, 6) is -0.335. The number of nitrogens with two attached hydrogens (primary N) is 1. The fourth-order valence-electron chi connectivity index (χ4n) is 3.54. The molecule has 0 fully saturated rings. The van der Waals surface area contributed by atoms with Crippen molar-refractivity contribution >= 4 is 11.8 Å². The van der Waals surface area contributed by atoms with Gasteiger partial charge in [0, 0.05) is 23.2 Å². The first kappa shape index (κ1) is 22.1. The molecule has 0 aliphatic carbocycles. The zero-order valence-corrected chi connectivity index (χ0v) is 17.9. The molecule has 1 aromatic heterocycles. The lowest BCUT2D eigenvalue weighted by molar-refractivity contribution is 0.0518. The minimum Gasteiger partial charge on any atom is -0.461 e. The molecule has 0 atom stereocenters. The van der Waals surface area contributed by atoms with Gasteiger partial charge in [0.1, 0.15) is 0 Å². The van der Waals surface area contributed by atoms with Crippen LogP contribution in [0.5, 0.6) is 0 Å². The summed E-state index contributed by atoms with van der Waals surface area (Å²) in [5, 5.41) is 19.5. The zero-order valence-electron chi connectivity index (χ0n) is 17.9. The summed E-state index contributed by atoms with van der Waals surface area (Å²) < 4.78 is 5.18. The summed E-state index contributed by atoms with van der Waals surface area (Å²) >= 11 is 0. The van der Waals surface area contributed by atoms with E-state index >= 15 is 0 Å². The average molecular weight is 421 g/mol. The fraction of sp³-hybridized carbons (Fsp3) is 0.292. The molecule has 0 saturated carbocycles. The maximum absolute atomic E-state index is 12.4. The van der Waals surface area contributed by atoms with Crippen molar-refractivity contribution < 1.29 is 14.7 Å². The number of aryl methyl sites for hydroxylation is 1. The van der Waals surface area contributed by atoms with Crippen molar-refractivity contribution in [2.75, 3.05) is 6.61 Å². The second kappa shape index (κ2) is 10.4. The van der Waals surface area contributed by atoms with Crippen molar-refractivity contribution in [1.82, 2.24) is 10.2 Å². The Morgan fingerprint density at radius 1 is 1.16 bits per heavy atom. The Balaban J connectivity index is 1.90. The molecule has 3 aromatic rings. The van der Waals surface area contributed by atoms with Gasteiger partial charge in [0.05, 0.1) is 6.61 Å². The lowest BCUT2D eigenvalue weighted by atomic mass is 9.95. The van der Waals surface area contributed by atoms with Gasteiger partial charge in [-0.2, -0.15) is 5.10 Å². The second-order valence-electron chi connectivity index (χ2n) is 7.26. The monoisotopic (exact) mass is 420 g/mol. The predicted octanol–water partition coefficient (Wildman–Crippen LogP) is 4.28. The first-order chi connectivity index (χ1) is 15.1. The summed E-state index contributed by atoms with van der Waals surface area (Å²) in [6, 6.07) is 15.5. The molecule has 3 rings (SSSR count). The highest BCUT2D eigenvalue weighted by molar-refractivity contribution is 6.03. The van der Waals surface area contributed by atoms with Crippen LogP contribution >= 0.6 is 0 Å². The minimum absolute atomic E-state index is 0.0673. The van der Waals surface area contributed by atoms with E-state index in [1.54, 1.807) is 6.92 Å². The summed E-state index contributed by atoms with van der Waals surface area (Å²) in [4.78, 5) is 12.4. The third kappa shape index (κ3) is 5.12. The van der Waals surface area contributed by atoms with Crippen molar-refractivity contribution in [1.29, 1.82) is 0 Å². The van der Waals surface area contributed by atoms with Crippen molar-refractivity contribution in [3.8, 4) is 11.1 Å². The Bertz CT molecular complexity index is 1050. The van der Waals surface area contributed by atoms with Crippen LogP contribution in [0, 0.1) is 0 Å². The van der Waals surface area contributed by atoms with Gasteiger partial charge in [-0.15, -0.1) is 0 Å². The van der Waals surface area contributed by atoms with Gasteiger partial charge in [-0.25, -0.2) is 4.79 Å². The van der Waals surface area contributed by atoms with E-state index in [2.05, 4.69) is 22.3 Å². The molecule has 0 saturated heterocycles. The summed E-state index contributed by atoms with van der Waals surface area (Å²) in [6.07, 6.45) is 3.48. The quantitative estimate of drug-likeness (QED) is 0.157. The number of unbranched alkanes of at least 4 members (excludes halogenated alkanes) is 1. The summed E-state index contributed by atoms with van der Waals surface area (Å²) in [7, 11) is 0. The number of nitrogens with zero attached hydrogens (tertiary/aromatic N) is 2. The van der Waals surface area contributed by atoms with Crippen molar-refractivity contribution in [2.45, 2.75) is 39.5 Å². The number of oxime groups is 1. The van der Waals surface area contributed by atoms with E-state index < -0.39 is 5.97 Å². The normalized spacial score (nSPS) is 11.5. The standard InChI is InChI=1S/C24H28N4O3/c1-3-5-10-21-20(22(27-26-21)24(29)31-4-2)15-16-11-13-17(14-12-16)18-8-6-7-9-19(18)23(25)28-30/h6-9,11-14,30H,3-5,10,15H2,1-2H3,(H2,25,28)(H,26,27). The molecule has 0 aliphatic heterocycles. The molecule has 1 heterocycles. The van der Waals surface area contributed by atoms with Crippen LogP contribution in [0.4, 0.5) is 0 Å². The van der Waals surface area contributed by atoms with Crippen LogP contribution in [0.3, 0.4) is 0 Å². The lowest BCUT2D eigenvalue weighted by Crippen LogP contribution is -2.14. The SMILES string of the molecule is CCCCc1[nH]nc(C(=O)OCC)c1Cc1ccc(-c2ccccc2C(N)=NO)cc1. The lowest BCUT2D eigenvalue weighted by Gasteiger charge is -2.10. The van der Waals surface area contributed by atoms with Gasteiger partial charge in [-0.05, 0) is 36.5 Å². The molecule has 7 heteroatoms. The topological polar surface area (TPSA) is 114 Å². The van der Waals surface area contributed by atoms with Crippen molar-refractivity contribution in [2.24, 2.45) is 10.9 Å². The number of esters is 1. The Kier molecular flexibility index (Phi) is 7.43. The number of hydrogen-bond acceptors (Lipinski definition) is 5. The highest BCUT2D eigenvalue weighted by Gasteiger charge is 2.20. The molecule has 0 aliphatic rings. The molecule has 2 aromatic carbocycles. The van der Waals surface area contributed by atoms with Crippen LogP contribution in [0.1, 0.15) is 59.6 Å². The summed E-state index contributed by atoms with van der Waals surface area (Å²) in [6.45, 7) is 4.23. The molecule has 162 valence electrons. The Morgan fingerprint density at radius 3 is 2.58 bits per heavy atom. The Labute approximate surface area is 181 Å². The molecular weight excluding hydrogens is 392 g/mol. The molecule has 31 heavy (non-hydrogen) atoms. The summed E-state index contributed by atoms with van der Waals surface area (Å²) in [5.41, 5.74) is 11.6. The van der Waals surface area contributed by atoms with Gasteiger partial charge in [0.15, 0.2) is 11.5 Å². The average Bonchev–Trinajstić information content (AvgIpc) is 3.20. The molecule has 7 nitrogen and oxygen atoms in total. The molecule has 0 amide bonds. The van der Waals surface area contributed by atoms with Gasteiger partial charge in [0.25, 0.3) is 0 Å². The molecule has 0 spiro atoms. The maximum atomic E-state index is 12.4. The predicted molar refractivity (Wildman–Crippen MR) is 120 cm³/mol. The van der Waals surface area contributed by atoms with E-state index in [1.165, 1.54) is 0 Å². The molecule has 0 bridgehead atoms. The van der Waals surface area contributed by atoms with E-state index in [-0.39, 0.29) is 5.84 Å². The number of nitrogens with one attached hydrogen (secondary N) is 1. The van der Waals surface area contributed by atoms with Crippen LogP contribution < -0.4 is 5.73 Å². The number of aromatic nitrogens is 2. The van der Waals surface area contributed by atoms with E-state index in [0.717, 1.165) is 47.2 Å². The molecule has 0 unspecified atom stereocenters. The minimum atomic E-state index is -0.402. The number of hydrogen-bond donors (Lipinski definition) is 3. The van der Waals surface area contributed by atoms with E-state index in [0.29, 0.717) is 24.3 Å². The van der Waals surface area contributed by atoms with Crippen LogP contribution in [-0.2, 0) is 17.6 Å². The van der Waals surface area contributed by atoms with Crippen molar-refractivity contribution in [3.63, 3.8) is 0 Å².